The molecule has 1 fully saturated rings. The minimum absolute atomic E-state index is 0.0172. The van der Waals surface area contributed by atoms with Gasteiger partial charge in [-0.2, -0.15) is 0 Å². The summed E-state index contributed by atoms with van der Waals surface area (Å²) in [6.07, 6.45) is 2.41. The van der Waals surface area contributed by atoms with Crippen molar-refractivity contribution in [1.29, 1.82) is 0 Å². The van der Waals surface area contributed by atoms with Crippen LogP contribution in [0.15, 0.2) is 65.8 Å². The highest BCUT2D eigenvalue weighted by Gasteiger charge is 2.39. The minimum Gasteiger partial charge on any atom is -0.508 e. The highest BCUT2D eigenvalue weighted by molar-refractivity contribution is 6.07. The van der Waals surface area contributed by atoms with E-state index < -0.39 is 96.4 Å². The molecule has 2 heterocycles. The van der Waals surface area contributed by atoms with E-state index in [2.05, 4.69) is 36.6 Å². The minimum atomic E-state index is -1.33. The van der Waals surface area contributed by atoms with Gasteiger partial charge in [0.2, 0.25) is 41.4 Å². The lowest BCUT2D eigenvalue weighted by atomic mass is 9.98. The molecule has 380 valence electrons. The molecule has 4 rings (SSSR count). The first-order valence-electron chi connectivity index (χ1n) is 23.6. The van der Waals surface area contributed by atoms with Crippen LogP contribution in [0.5, 0.6) is 5.75 Å². The lowest BCUT2D eigenvalue weighted by molar-refractivity contribution is -0.143. The number of carbonyl (C=O) groups is 8. The fourth-order valence-electron chi connectivity index (χ4n) is 8.04. The van der Waals surface area contributed by atoms with E-state index in [4.69, 9.17) is 17.2 Å². The highest BCUT2D eigenvalue weighted by Crippen LogP contribution is 2.22. The van der Waals surface area contributed by atoms with Gasteiger partial charge in [0.25, 0.3) is 0 Å². The number of aryl methyl sites for hydroxylation is 1. The number of carbonyl (C=O) groups excluding carboxylic acids is 8. The third-order valence-electron chi connectivity index (χ3n) is 11.6. The number of phenolic OH excluding ortho intramolecular Hbond substituents is 1. The maximum absolute atomic E-state index is 14.4. The maximum atomic E-state index is 14.4. The quantitative estimate of drug-likeness (QED) is 0.0221. The van der Waals surface area contributed by atoms with Crippen LogP contribution in [0.3, 0.4) is 0 Å². The van der Waals surface area contributed by atoms with E-state index >= 15 is 0 Å². The van der Waals surface area contributed by atoms with Crippen molar-refractivity contribution in [3.8, 4) is 5.75 Å². The number of aromatic hydroxyl groups is 1. The fourth-order valence-corrected chi connectivity index (χ4v) is 8.04. The number of aliphatic hydroxyl groups excluding tert-OH is 1. The number of pyridine rings is 1. The Hall–Kier alpha value is -7.00. The van der Waals surface area contributed by atoms with Crippen LogP contribution in [0, 0.1) is 11.8 Å². The molecule has 1 saturated heterocycles. The van der Waals surface area contributed by atoms with Crippen LogP contribution >= 0.6 is 0 Å². The summed E-state index contributed by atoms with van der Waals surface area (Å²) in [7, 11) is 0. The number of aliphatic imine (C=N–C) groups is 1. The van der Waals surface area contributed by atoms with Gasteiger partial charge in [-0.05, 0) is 92.2 Å². The average Bonchev–Trinajstić information content (AvgIpc) is 3.81. The molecule has 0 spiro atoms. The second-order valence-corrected chi connectivity index (χ2v) is 18.5. The second kappa shape index (κ2) is 27.3. The van der Waals surface area contributed by atoms with Crippen LogP contribution in [0.4, 0.5) is 0 Å². The monoisotopic (exact) mass is 972 g/mol. The molecule has 1 aliphatic rings. The Morgan fingerprint density at radius 3 is 2.00 bits per heavy atom. The number of ketones is 1. The number of likely N-dealkylation sites (tertiary alicyclic amines) is 1. The summed E-state index contributed by atoms with van der Waals surface area (Å²) >= 11 is 0. The second-order valence-electron chi connectivity index (χ2n) is 18.5. The molecule has 0 unspecified atom stereocenters. The number of Topliss-reactive ketones (excluding diaryl/α,β-unsaturated/α-hetero) is 1. The first-order valence-corrected chi connectivity index (χ1v) is 23.6. The molecule has 7 amide bonds. The summed E-state index contributed by atoms with van der Waals surface area (Å²) in [4.78, 5) is 118. The van der Waals surface area contributed by atoms with Gasteiger partial charge in [-0.1, -0.05) is 58.0 Å². The van der Waals surface area contributed by atoms with E-state index in [1.54, 1.807) is 18.3 Å². The molecule has 6 atom stereocenters. The van der Waals surface area contributed by atoms with Crippen LogP contribution in [0.1, 0.15) is 90.2 Å². The number of phenols is 1. The Morgan fingerprint density at radius 1 is 0.786 bits per heavy atom. The standard InChI is InChI=1S/C49H69N11O10/c1-28(2)21-37(57-46(68)38(22-29(3)4)58-47(69)39(56-44(66)34(50)27-61)24-30-13-16-33(62)17-14-30)45(67)55-36(11-7-19-53-49(51)52)48(70)60-20-8-12-40(60)41(63)25-43(65)59-42(64)18-15-31-23-32-9-5-6-10-35(32)54-26-31/h5-6,9-10,13-14,16-17,23,26,28-29,34,36-40,61-62H,7-8,11-12,15,18-22,24-25,27,50H2,1-4H3,(H,55,67)(H,56,66)(H,57,68)(H,58,69)(H4,51,52,53)(H,59,64,65)/t34-,36-,37-,38+,39-,40-/m0/s1. The number of hydrogen-bond donors (Lipinski definition) is 10. The molecule has 2 aromatic carbocycles. The van der Waals surface area contributed by atoms with Crippen LogP contribution in [0.25, 0.3) is 10.9 Å². The Kier molecular flexibility index (Phi) is 21.6. The topological polar surface area (TPSA) is 344 Å². The van der Waals surface area contributed by atoms with Crippen LogP contribution < -0.4 is 43.8 Å². The number of nitrogens with zero attached hydrogens (tertiary/aromatic N) is 3. The number of guanidine groups is 1. The molecule has 0 aliphatic carbocycles. The lowest BCUT2D eigenvalue weighted by Crippen LogP contribution is -2.60. The van der Waals surface area contributed by atoms with Crippen molar-refractivity contribution in [1.82, 2.24) is 36.5 Å². The predicted octanol–water partition coefficient (Wildman–Crippen LogP) is 0.113. The van der Waals surface area contributed by atoms with Crippen molar-refractivity contribution in [3.05, 3.63) is 71.9 Å². The van der Waals surface area contributed by atoms with E-state index in [0.717, 1.165) is 16.5 Å². The third-order valence-corrected chi connectivity index (χ3v) is 11.6. The summed E-state index contributed by atoms with van der Waals surface area (Å²) in [6, 6.07) is 8.13. The van der Waals surface area contributed by atoms with Crippen LogP contribution in [-0.4, -0.2) is 129 Å². The van der Waals surface area contributed by atoms with Crippen molar-refractivity contribution >= 4 is 64.0 Å². The van der Waals surface area contributed by atoms with Crippen LogP contribution in [0.2, 0.25) is 0 Å². The lowest BCUT2D eigenvalue weighted by Gasteiger charge is -2.31. The fraction of sp³-hybridized carbons (Fsp3) is 0.510. The van der Waals surface area contributed by atoms with Gasteiger partial charge in [0.1, 0.15) is 36.0 Å². The molecular formula is C49H69N11O10. The number of nitrogens with one attached hydrogen (secondary N) is 5. The summed E-state index contributed by atoms with van der Waals surface area (Å²) < 4.78 is 0. The number of amides is 7. The number of imide groups is 1. The van der Waals surface area contributed by atoms with Gasteiger partial charge in [-0.15, -0.1) is 0 Å². The van der Waals surface area contributed by atoms with Gasteiger partial charge in [0.05, 0.1) is 24.6 Å². The summed E-state index contributed by atoms with van der Waals surface area (Å²) in [5.74, 6) is -6.05. The van der Waals surface area contributed by atoms with Crippen molar-refractivity contribution in [2.24, 2.45) is 34.0 Å². The molecule has 70 heavy (non-hydrogen) atoms. The average molecular weight is 972 g/mol. The van der Waals surface area contributed by atoms with Gasteiger partial charge in [-0.25, -0.2) is 0 Å². The summed E-state index contributed by atoms with van der Waals surface area (Å²) in [5, 5.41) is 33.2. The molecule has 0 saturated carbocycles. The van der Waals surface area contributed by atoms with Crippen molar-refractivity contribution < 1.29 is 48.6 Å². The number of aromatic nitrogens is 1. The van der Waals surface area contributed by atoms with Crippen molar-refractivity contribution in [2.75, 3.05) is 19.7 Å². The molecule has 21 heteroatoms. The van der Waals surface area contributed by atoms with Gasteiger partial charge < -0.3 is 53.6 Å². The zero-order valence-corrected chi connectivity index (χ0v) is 40.3. The van der Waals surface area contributed by atoms with Gasteiger partial charge in [-0.3, -0.25) is 53.6 Å². The number of rotatable bonds is 26. The van der Waals surface area contributed by atoms with Crippen LogP contribution in [-0.2, 0) is 51.2 Å². The molecule has 13 N–H and O–H groups in total. The smallest absolute Gasteiger partial charge is 0.245 e. The number of hydrogen-bond acceptors (Lipinski definition) is 13. The first kappa shape index (κ1) is 55.6. The van der Waals surface area contributed by atoms with Gasteiger partial charge in [0.15, 0.2) is 11.7 Å². The summed E-state index contributed by atoms with van der Waals surface area (Å²) in [6.45, 7) is 6.89. The van der Waals surface area contributed by atoms with E-state index in [9.17, 15) is 48.6 Å². The molecule has 1 aromatic heterocycles. The molecule has 3 aromatic rings. The SMILES string of the molecule is CC(C)C[C@H](NC(=O)[C@@H](CC(C)C)NC(=O)[C@H](Cc1ccc(O)cc1)NC(=O)[C@@H](N)CO)C(=O)N[C@@H](CCCN=C(N)N)C(=O)N1CCC[C@H]1C(=O)CC(=O)NC(=O)CCc1cnc2ccccc2c1. The summed E-state index contributed by atoms with van der Waals surface area (Å²) in [5.41, 5.74) is 18.9. The number of fused-ring (bicyclic) bond motifs is 1. The maximum Gasteiger partial charge on any atom is 0.245 e. The van der Waals surface area contributed by atoms with E-state index in [0.29, 0.717) is 18.4 Å². The molecule has 0 radical (unpaired) electrons. The van der Waals surface area contributed by atoms with Crippen molar-refractivity contribution in [2.45, 2.75) is 128 Å². The molecular weight excluding hydrogens is 903 g/mol. The molecule has 0 bridgehead atoms. The molecule has 1 aliphatic heterocycles. The van der Waals surface area contributed by atoms with Gasteiger partial charge >= 0.3 is 0 Å². The Balaban J connectivity index is 1.46. The number of para-hydroxylation sites is 1. The Labute approximate surface area is 407 Å². The Bertz CT molecular complexity index is 2340. The molecule has 21 nitrogen and oxygen atoms in total. The number of nitrogens with two attached hydrogens (primary N) is 3. The zero-order chi connectivity index (χ0) is 51.5. The zero-order valence-electron chi connectivity index (χ0n) is 40.3. The largest absolute Gasteiger partial charge is 0.508 e. The van der Waals surface area contributed by atoms with E-state index in [1.165, 1.54) is 17.0 Å². The predicted molar refractivity (Wildman–Crippen MR) is 261 cm³/mol. The van der Waals surface area contributed by atoms with E-state index in [1.807, 2.05) is 58.0 Å². The van der Waals surface area contributed by atoms with Crippen molar-refractivity contribution in [3.63, 3.8) is 0 Å². The number of benzene rings is 2. The normalized spacial score (nSPS) is 15.5. The third kappa shape index (κ3) is 17.8. The number of aliphatic hydroxyl groups is 1. The first-order chi connectivity index (χ1) is 33.2. The highest BCUT2D eigenvalue weighted by atomic mass is 16.3. The Morgan fingerprint density at radius 2 is 1.39 bits per heavy atom. The van der Waals surface area contributed by atoms with E-state index in [-0.39, 0.29) is 81.6 Å². The van der Waals surface area contributed by atoms with Gasteiger partial charge in [0, 0.05) is 37.5 Å².